The molecule has 0 aromatic carbocycles. The molecule has 0 N–H and O–H groups in total. The van der Waals surface area contributed by atoms with E-state index in [-0.39, 0.29) is 11.7 Å². The molecule has 0 saturated carbocycles. The lowest BCUT2D eigenvalue weighted by atomic mass is 10.1. The number of hydrogen-bond acceptors (Lipinski definition) is 4. The molecule has 0 unspecified atom stereocenters. The number of nitrogens with zero attached hydrogens (tertiary/aromatic N) is 2. The molecule has 1 rings (SSSR count). The maximum absolute atomic E-state index is 11.5. The van der Waals surface area contributed by atoms with E-state index in [0.29, 0.717) is 0 Å². The Balaban J connectivity index is 2.23. The van der Waals surface area contributed by atoms with Crippen LogP contribution in [0.15, 0.2) is 5.16 Å². The lowest BCUT2D eigenvalue weighted by molar-refractivity contribution is -0.00144. The first-order valence-corrected chi connectivity index (χ1v) is 5.64. The van der Waals surface area contributed by atoms with Gasteiger partial charge in [-0.25, -0.2) is 4.79 Å². The van der Waals surface area contributed by atoms with E-state index >= 15 is 0 Å². The van der Waals surface area contributed by atoms with Gasteiger partial charge in [-0.3, -0.25) is 0 Å². The summed E-state index contributed by atoms with van der Waals surface area (Å²) in [5.74, 6) is 0. The summed E-state index contributed by atoms with van der Waals surface area (Å²) < 4.78 is 4.85. The zero-order valence-corrected chi connectivity index (χ0v) is 10.2. The molecule has 1 aliphatic rings. The highest BCUT2D eigenvalue weighted by atomic mass is 16.7. The van der Waals surface area contributed by atoms with E-state index in [0.717, 1.165) is 32.3 Å². The van der Waals surface area contributed by atoms with Crippen molar-refractivity contribution in [2.24, 2.45) is 5.16 Å². The Morgan fingerprint density at radius 1 is 1.25 bits per heavy atom. The lowest BCUT2D eigenvalue weighted by Gasteiger charge is -2.24. The van der Waals surface area contributed by atoms with Crippen LogP contribution in [0.25, 0.3) is 0 Å². The second-order valence-corrected chi connectivity index (χ2v) is 4.85. The van der Waals surface area contributed by atoms with Crippen LogP contribution in [0.4, 0.5) is 4.79 Å². The summed E-state index contributed by atoms with van der Waals surface area (Å²) in [5.41, 5.74) is -0.367. The maximum Gasteiger partial charge on any atom is 0.416 e. The minimum absolute atomic E-state index is 0.346. The Labute approximate surface area is 96.4 Å². The number of amides is 1. The standard InChI is InChI=1S/C11H20N2O3/c1-11(2,3)16-12-9-15-10(14)13-7-5-4-6-8-13/h9H,4-8H2,1-3H3. The van der Waals surface area contributed by atoms with Crippen molar-refractivity contribution in [1.29, 1.82) is 0 Å². The fourth-order valence-corrected chi connectivity index (χ4v) is 1.40. The predicted molar refractivity (Wildman–Crippen MR) is 61.2 cm³/mol. The fourth-order valence-electron chi connectivity index (χ4n) is 1.40. The van der Waals surface area contributed by atoms with Crippen molar-refractivity contribution in [3.63, 3.8) is 0 Å². The van der Waals surface area contributed by atoms with Gasteiger partial charge >= 0.3 is 6.09 Å². The van der Waals surface area contributed by atoms with Gasteiger partial charge in [0.1, 0.15) is 5.60 Å². The van der Waals surface area contributed by atoms with Crippen molar-refractivity contribution in [1.82, 2.24) is 4.90 Å². The first-order chi connectivity index (χ1) is 7.49. The number of oxime groups is 1. The van der Waals surface area contributed by atoms with Gasteiger partial charge in [0.05, 0.1) is 0 Å². The number of likely N-dealkylation sites (tertiary alicyclic amines) is 1. The Bertz CT molecular complexity index is 252. The Hall–Kier alpha value is -1.26. The monoisotopic (exact) mass is 228 g/mol. The molecule has 92 valence electrons. The quantitative estimate of drug-likeness (QED) is 0.414. The Kier molecular flexibility index (Phi) is 4.58. The molecule has 1 amide bonds. The van der Waals surface area contributed by atoms with Gasteiger partial charge in [-0.15, -0.1) is 0 Å². The molecule has 0 aliphatic carbocycles. The van der Waals surface area contributed by atoms with Gasteiger partial charge in [0.2, 0.25) is 6.40 Å². The fraction of sp³-hybridized carbons (Fsp3) is 0.818. The number of ether oxygens (including phenoxy) is 1. The predicted octanol–water partition coefficient (Wildman–Crippen LogP) is 2.37. The van der Waals surface area contributed by atoms with Crippen LogP contribution >= 0.6 is 0 Å². The van der Waals surface area contributed by atoms with Crippen LogP contribution < -0.4 is 0 Å². The number of carbonyl (C=O) groups is 1. The summed E-state index contributed by atoms with van der Waals surface area (Å²) in [6.45, 7) is 7.16. The largest absolute Gasteiger partial charge is 0.416 e. The summed E-state index contributed by atoms with van der Waals surface area (Å²) in [6, 6.07) is 0. The molecule has 16 heavy (non-hydrogen) atoms. The highest BCUT2D eigenvalue weighted by Gasteiger charge is 2.17. The summed E-state index contributed by atoms with van der Waals surface area (Å²) in [6.07, 6.45) is 3.99. The lowest BCUT2D eigenvalue weighted by Crippen LogP contribution is -2.35. The van der Waals surface area contributed by atoms with Crippen molar-refractivity contribution in [2.75, 3.05) is 13.1 Å². The van der Waals surface area contributed by atoms with E-state index < -0.39 is 0 Å². The third-order valence-corrected chi connectivity index (χ3v) is 2.14. The smallest absolute Gasteiger partial charge is 0.395 e. The summed E-state index contributed by atoms with van der Waals surface area (Å²) in [7, 11) is 0. The SMILES string of the molecule is CC(C)(C)ON=COC(=O)N1CCCCC1. The average Bonchev–Trinajstić information content (AvgIpc) is 2.24. The van der Waals surface area contributed by atoms with Crippen molar-refractivity contribution in [3.8, 4) is 0 Å². The van der Waals surface area contributed by atoms with Crippen LogP contribution in [-0.4, -0.2) is 36.1 Å². The molecule has 0 spiro atoms. The minimum atomic E-state index is -0.367. The van der Waals surface area contributed by atoms with Gasteiger partial charge in [-0.2, -0.15) is 0 Å². The molecular weight excluding hydrogens is 208 g/mol. The molecule has 1 fully saturated rings. The Morgan fingerprint density at radius 2 is 1.88 bits per heavy atom. The molecule has 1 heterocycles. The van der Waals surface area contributed by atoms with Gasteiger partial charge in [0.25, 0.3) is 0 Å². The third-order valence-electron chi connectivity index (χ3n) is 2.14. The summed E-state index contributed by atoms with van der Waals surface area (Å²) >= 11 is 0. The highest BCUT2D eigenvalue weighted by Crippen LogP contribution is 2.09. The average molecular weight is 228 g/mol. The number of piperidine rings is 1. The van der Waals surface area contributed by atoms with Crippen molar-refractivity contribution in [3.05, 3.63) is 0 Å². The number of rotatable bonds is 2. The van der Waals surface area contributed by atoms with Gasteiger partial charge < -0.3 is 14.5 Å². The van der Waals surface area contributed by atoms with Crippen LogP contribution in [0, 0.1) is 0 Å². The van der Waals surface area contributed by atoms with E-state index in [1.807, 2.05) is 20.8 Å². The van der Waals surface area contributed by atoms with Crippen molar-refractivity contribution >= 4 is 12.5 Å². The van der Waals surface area contributed by atoms with Crippen molar-refractivity contribution in [2.45, 2.75) is 45.6 Å². The van der Waals surface area contributed by atoms with Gasteiger partial charge in [0.15, 0.2) is 0 Å². The van der Waals surface area contributed by atoms with Crippen molar-refractivity contribution < 1.29 is 14.4 Å². The molecular formula is C11H20N2O3. The molecule has 0 aromatic rings. The van der Waals surface area contributed by atoms with Gasteiger partial charge in [-0.1, -0.05) is 5.16 Å². The minimum Gasteiger partial charge on any atom is -0.395 e. The van der Waals surface area contributed by atoms with E-state index in [4.69, 9.17) is 9.57 Å². The van der Waals surface area contributed by atoms with Gasteiger partial charge in [-0.05, 0) is 40.0 Å². The molecule has 0 bridgehead atoms. The second-order valence-electron chi connectivity index (χ2n) is 4.85. The molecule has 1 aliphatic heterocycles. The van der Waals surface area contributed by atoms with Crippen LogP contribution in [-0.2, 0) is 9.57 Å². The van der Waals surface area contributed by atoms with E-state index in [2.05, 4.69) is 5.16 Å². The van der Waals surface area contributed by atoms with Crippen LogP contribution in [0.2, 0.25) is 0 Å². The molecule has 5 nitrogen and oxygen atoms in total. The van der Waals surface area contributed by atoms with E-state index in [1.54, 1.807) is 4.90 Å². The first-order valence-electron chi connectivity index (χ1n) is 5.64. The van der Waals surface area contributed by atoms with E-state index in [1.165, 1.54) is 6.42 Å². The van der Waals surface area contributed by atoms with Crippen LogP contribution in [0.1, 0.15) is 40.0 Å². The zero-order valence-electron chi connectivity index (χ0n) is 10.2. The maximum atomic E-state index is 11.5. The van der Waals surface area contributed by atoms with Crippen LogP contribution in [0.3, 0.4) is 0 Å². The topological polar surface area (TPSA) is 51.1 Å². The van der Waals surface area contributed by atoms with E-state index in [9.17, 15) is 4.79 Å². The molecule has 5 heteroatoms. The number of carbonyl (C=O) groups excluding carboxylic acids is 1. The van der Waals surface area contributed by atoms with Crippen LogP contribution in [0.5, 0.6) is 0 Å². The third kappa shape index (κ3) is 5.00. The Morgan fingerprint density at radius 3 is 2.44 bits per heavy atom. The molecule has 0 aromatic heterocycles. The second kappa shape index (κ2) is 5.72. The zero-order chi connectivity index (χ0) is 12.0. The first kappa shape index (κ1) is 12.8. The summed E-state index contributed by atoms with van der Waals surface area (Å²) in [5, 5.41) is 3.58. The van der Waals surface area contributed by atoms with Gasteiger partial charge in [0, 0.05) is 13.1 Å². The number of hydrogen-bond donors (Lipinski definition) is 0. The molecule has 1 saturated heterocycles. The highest BCUT2D eigenvalue weighted by molar-refractivity contribution is 5.76. The summed E-state index contributed by atoms with van der Waals surface area (Å²) in [4.78, 5) is 18.2. The molecule has 0 radical (unpaired) electrons. The molecule has 0 atom stereocenters. The normalized spacial score (nSPS) is 17.6.